The van der Waals surface area contributed by atoms with Crippen molar-refractivity contribution in [1.29, 1.82) is 0 Å². The van der Waals surface area contributed by atoms with E-state index in [2.05, 4.69) is 17.4 Å². The molecule has 6 heteroatoms. The van der Waals surface area contributed by atoms with Gasteiger partial charge in [-0.2, -0.15) is 0 Å². The summed E-state index contributed by atoms with van der Waals surface area (Å²) in [5, 5.41) is 4.82. The van der Waals surface area contributed by atoms with Gasteiger partial charge in [-0.25, -0.2) is 0 Å². The largest absolute Gasteiger partial charge is 0.489 e. The summed E-state index contributed by atoms with van der Waals surface area (Å²) in [6.07, 6.45) is 4.09. The molecular formula is C24H23ClN2O2S. The highest BCUT2D eigenvalue weighted by atomic mass is 35.5. The number of nitrogens with zero attached hydrogens (tertiary/aromatic N) is 1. The van der Waals surface area contributed by atoms with E-state index in [-0.39, 0.29) is 18.0 Å². The van der Waals surface area contributed by atoms with Gasteiger partial charge in [0.05, 0.1) is 5.69 Å². The van der Waals surface area contributed by atoms with Crippen LogP contribution in [0.15, 0.2) is 71.7 Å². The summed E-state index contributed by atoms with van der Waals surface area (Å²) in [5.74, 6) is 0.588. The molecular weight excluding hydrogens is 416 g/mol. The van der Waals surface area contributed by atoms with Gasteiger partial charge in [-0.05, 0) is 54.1 Å². The molecule has 0 fully saturated rings. The van der Waals surface area contributed by atoms with Crippen molar-refractivity contribution in [2.24, 2.45) is 0 Å². The molecule has 0 saturated carbocycles. The van der Waals surface area contributed by atoms with Crippen molar-refractivity contribution < 1.29 is 4.74 Å². The molecule has 2 aromatic heterocycles. The number of pyridine rings is 1. The second-order valence-corrected chi connectivity index (χ2v) is 8.45. The summed E-state index contributed by atoms with van der Waals surface area (Å²) < 4.78 is 8.70. The van der Waals surface area contributed by atoms with Crippen LogP contribution >= 0.6 is 23.7 Å². The third-order valence-corrected chi connectivity index (χ3v) is 6.54. The van der Waals surface area contributed by atoms with E-state index in [9.17, 15) is 4.79 Å². The first-order chi connectivity index (χ1) is 14.3. The number of hydrogen-bond acceptors (Lipinski definition) is 4. The van der Waals surface area contributed by atoms with E-state index in [1.165, 1.54) is 26.9 Å². The zero-order chi connectivity index (χ0) is 19.6. The maximum absolute atomic E-state index is 12.7. The Labute approximate surface area is 185 Å². The number of rotatable bonds is 4. The summed E-state index contributed by atoms with van der Waals surface area (Å²) in [4.78, 5) is 14.1. The van der Waals surface area contributed by atoms with Crippen molar-refractivity contribution in [2.75, 3.05) is 6.54 Å². The molecule has 0 amide bonds. The summed E-state index contributed by atoms with van der Waals surface area (Å²) in [6, 6.07) is 19.7. The van der Waals surface area contributed by atoms with Crippen LogP contribution in [0.25, 0.3) is 15.8 Å². The summed E-state index contributed by atoms with van der Waals surface area (Å²) in [7, 11) is 0. The second-order valence-electron chi connectivity index (χ2n) is 7.31. The average molecular weight is 439 g/mol. The van der Waals surface area contributed by atoms with Crippen LogP contribution in [0.3, 0.4) is 0 Å². The minimum atomic E-state index is -0.0882. The Morgan fingerprint density at radius 3 is 2.77 bits per heavy atom. The second kappa shape index (κ2) is 9.04. The monoisotopic (exact) mass is 438 g/mol. The van der Waals surface area contributed by atoms with E-state index in [1.807, 2.05) is 53.8 Å². The fourth-order valence-electron chi connectivity index (χ4n) is 3.85. The molecule has 1 N–H and O–H groups in total. The van der Waals surface area contributed by atoms with E-state index < -0.39 is 0 Å². The highest BCUT2D eigenvalue weighted by Gasteiger charge is 2.15. The normalized spacial score (nSPS) is 13.3. The molecule has 1 aliphatic heterocycles. The number of halogens is 1. The predicted octanol–water partition coefficient (Wildman–Crippen LogP) is 5.09. The minimum absolute atomic E-state index is 0. The van der Waals surface area contributed by atoms with Gasteiger partial charge in [0.25, 0.3) is 5.56 Å². The van der Waals surface area contributed by atoms with Gasteiger partial charge in [0.1, 0.15) is 12.4 Å². The number of fused-ring (bicyclic) bond motifs is 3. The Morgan fingerprint density at radius 1 is 1.07 bits per heavy atom. The Morgan fingerprint density at radius 2 is 1.93 bits per heavy atom. The van der Waals surface area contributed by atoms with Crippen LogP contribution in [0.2, 0.25) is 0 Å². The number of thiophene rings is 1. The van der Waals surface area contributed by atoms with Crippen molar-refractivity contribution in [3.05, 3.63) is 93.2 Å². The molecule has 0 aliphatic carbocycles. The van der Waals surface area contributed by atoms with E-state index in [1.54, 1.807) is 16.8 Å². The van der Waals surface area contributed by atoms with Crippen LogP contribution in [0, 0.1) is 0 Å². The third-order valence-electron chi connectivity index (χ3n) is 5.34. The van der Waals surface area contributed by atoms with Crippen LogP contribution < -0.4 is 15.6 Å². The van der Waals surface area contributed by atoms with Gasteiger partial charge in [-0.15, -0.1) is 23.7 Å². The molecule has 0 atom stereocenters. The van der Waals surface area contributed by atoms with Gasteiger partial charge in [0, 0.05) is 28.4 Å². The van der Waals surface area contributed by atoms with Gasteiger partial charge in [-0.3, -0.25) is 9.36 Å². The zero-order valence-electron chi connectivity index (χ0n) is 16.5. The smallest absolute Gasteiger partial charge is 0.258 e. The highest BCUT2D eigenvalue weighted by molar-refractivity contribution is 7.19. The lowest BCUT2D eigenvalue weighted by molar-refractivity contribution is 0.305. The number of ether oxygens (including phenoxy) is 1. The lowest BCUT2D eigenvalue weighted by Gasteiger charge is -2.09. The number of hydrogen-bond donors (Lipinski definition) is 1. The number of nitrogens with one attached hydrogen (secondary N) is 1. The van der Waals surface area contributed by atoms with Gasteiger partial charge < -0.3 is 10.1 Å². The summed E-state index contributed by atoms with van der Waals surface area (Å²) in [5.41, 5.74) is 3.35. The Balaban J connectivity index is 0.00000218. The van der Waals surface area contributed by atoms with Crippen LogP contribution in [-0.2, 0) is 19.6 Å². The SMILES string of the molecule is Cl.O=c1cc(OCc2ccccc2)ccn1-c1ccc2c3c(sc2c1)CNCCC3. The molecule has 2 aromatic carbocycles. The Bertz CT molecular complexity index is 1220. The van der Waals surface area contributed by atoms with Gasteiger partial charge in [0.2, 0.25) is 0 Å². The Hall–Kier alpha value is -2.60. The van der Waals surface area contributed by atoms with Crippen molar-refractivity contribution in [3.8, 4) is 11.4 Å². The number of aromatic nitrogens is 1. The van der Waals surface area contributed by atoms with Crippen LogP contribution in [0.5, 0.6) is 5.75 Å². The quantitative estimate of drug-likeness (QED) is 0.482. The fraction of sp³-hybridized carbons (Fsp3) is 0.208. The van der Waals surface area contributed by atoms with Gasteiger partial charge >= 0.3 is 0 Å². The predicted molar refractivity (Wildman–Crippen MR) is 125 cm³/mol. The van der Waals surface area contributed by atoms with Crippen LogP contribution in [0.4, 0.5) is 0 Å². The molecule has 1 aliphatic rings. The standard InChI is InChI=1S/C24H22N2O2S.ClH/c27-24-14-19(28-16-17-5-2-1-3-6-17)10-12-26(24)18-8-9-21-20-7-4-11-25-15-23(20)29-22(21)13-18;/h1-3,5-6,8-10,12-14,25H,4,7,11,15-16H2;1H. The van der Waals surface area contributed by atoms with Crippen molar-refractivity contribution in [2.45, 2.75) is 26.0 Å². The molecule has 0 radical (unpaired) electrons. The molecule has 154 valence electrons. The van der Waals surface area contributed by atoms with Crippen LogP contribution in [-0.4, -0.2) is 11.1 Å². The lowest BCUT2D eigenvalue weighted by atomic mass is 10.1. The Kier molecular flexibility index (Phi) is 6.23. The van der Waals surface area contributed by atoms with E-state index in [0.717, 1.165) is 30.8 Å². The third kappa shape index (κ3) is 4.15. The summed E-state index contributed by atoms with van der Waals surface area (Å²) >= 11 is 1.83. The van der Waals surface area contributed by atoms with E-state index in [4.69, 9.17) is 4.74 Å². The molecule has 4 nitrogen and oxygen atoms in total. The molecule has 0 spiro atoms. The fourth-order valence-corrected chi connectivity index (χ4v) is 5.11. The molecule has 3 heterocycles. The maximum atomic E-state index is 12.7. The van der Waals surface area contributed by atoms with E-state index in [0.29, 0.717) is 12.4 Å². The molecule has 0 unspecified atom stereocenters. The highest BCUT2D eigenvalue weighted by Crippen LogP contribution is 2.34. The molecule has 30 heavy (non-hydrogen) atoms. The number of benzene rings is 2. The maximum Gasteiger partial charge on any atom is 0.258 e. The zero-order valence-corrected chi connectivity index (χ0v) is 18.1. The first-order valence-corrected chi connectivity index (χ1v) is 10.7. The molecule has 0 bridgehead atoms. The van der Waals surface area contributed by atoms with Crippen molar-refractivity contribution >= 4 is 33.8 Å². The van der Waals surface area contributed by atoms with Crippen molar-refractivity contribution in [1.82, 2.24) is 9.88 Å². The molecule has 5 rings (SSSR count). The summed E-state index contributed by atoms with van der Waals surface area (Å²) in [6.45, 7) is 2.47. The molecule has 0 saturated heterocycles. The van der Waals surface area contributed by atoms with E-state index >= 15 is 0 Å². The van der Waals surface area contributed by atoms with Gasteiger partial charge in [-0.1, -0.05) is 36.4 Å². The topological polar surface area (TPSA) is 43.3 Å². The van der Waals surface area contributed by atoms with Crippen LogP contribution in [0.1, 0.15) is 22.4 Å². The number of aryl methyl sites for hydroxylation is 1. The first-order valence-electron chi connectivity index (χ1n) is 9.93. The lowest BCUT2D eigenvalue weighted by Crippen LogP contribution is -2.16. The average Bonchev–Trinajstić information content (AvgIpc) is 2.92. The minimum Gasteiger partial charge on any atom is -0.489 e. The first kappa shape index (κ1) is 20.7. The van der Waals surface area contributed by atoms with Crippen molar-refractivity contribution in [3.63, 3.8) is 0 Å². The van der Waals surface area contributed by atoms with Gasteiger partial charge in [0.15, 0.2) is 0 Å². The molecule has 4 aromatic rings.